The van der Waals surface area contributed by atoms with Crippen LogP contribution in [0.2, 0.25) is 0 Å². The molecule has 1 nitrogen and oxygen atoms in total. The van der Waals surface area contributed by atoms with Gasteiger partial charge in [0.15, 0.2) is 0 Å². The molecule has 15 heavy (non-hydrogen) atoms. The molecule has 0 fully saturated rings. The van der Waals surface area contributed by atoms with Gasteiger partial charge in [0.2, 0.25) is 0 Å². The third kappa shape index (κ3) is 3.54. The molecule has 0 saturated carbocycles. The lowest BCUT2D eigenvalue weighted by Gasteiger charge is -2.23. The molecule has 0 heterocycles. The molecule has 1 aromatic carbocycles. The Labute approximate surface area is 96.9 Å². The fourth-order valence-corrected chi connectivity index (χ4v) is 2.37. The first-order valence-electron chi connectivity index (χ1n) is 5.56. The van der Waals surface area contributed by atoms with Crippen LogP contribution < -0.4 is 0 Å². The van der Waals surface area contributed by atoms with Gasteiger partial charge in [0.1, 0.15) is 0 Å². The molecular weight excluding hydrogens is 204 g/mol. The zero-order chi connectivity index (χ0) is 11.3. The molecule has 0 unspecified atom stereocenters. The van der Waals surface area contributed by atoms with Gasteiger partial charge < -0.3 is 5.11 Å². The fraction of sp³-hybridized carbons (Fsp3) is 0.538. The van der Waals surface area contributed by atoms with Crippen LogP contribution in [-0.2, 0) is 5.60 Å². The molecule has 0 amide bonds. The van der Waals surface area contributed by atoms with Crippen molar-refractivity contribution >= 4 is 11.8 Å². The number of aliphatic hydroxyl groups is 1. The number of hydrogen-bond acceptors (Lipinski definition) is 2. The lowest BCUT2D eigenvalue weighted by molar-refractivity contribution is 0.0469. The van der Waals surface area contributed by atoms with Crippen molar-refractivity contribution in [3.8, 4) is 0 Å². The fourth-order valence-electron chi connectivity index (χ4n) is 1.71. The summed E-state index contributed by atoms with van der Waals surface area (Å²) in [6.45, 7) is 6.13. The summed E-state index contributed by atoms with van der Waals surface area (Å²) in [6.07, 6.45) is 1.81. The first-order chi connectivity index (χ1) is 7.10. The van der Waals surface area contributed by atoms with E-state index in [1.54, 1.807) is 0 Å². The van der Waals surface area contributed by atoms with Crippen molar-refractivity contribution in [2.75, 3.05) is 5.75 Å². The zero-order valence-corrected chi connectivity index (χ0v) is 10.6. The van der Waals surface area contributed by atoms with Crippen molar-refractivity contribution in [1.82, 2.24) is 0 Å². The van der Waals surface area contributed by atoms with Crippen LogP contribution in [-0.4, -0.2) is 10.9 Å². The molecule has 1 N–H and O–H groups in total. The first-order valence-corrected chi connectivity index (χ1v) is 6.54. The molecule has 1 aromatic rings. The molecule has 84 valence electrons. The summed E-state index contributed by atoms with van der Waals surface area (Å²) >= 11 is 1.83. The lowest BCUT2D eigenvalue weighted by atomic mass is 9.92. The lowest BCUT2D eigenvalue weighted by Crippen LogP contribution is -2.20. The molecule has 0 spiro atoms. The van der Waals surface area contributed by atoms with E-state index in [1.807, 2.05) is 30.8 Å². The van der Waals surface area contributed by atoms with Gasteiger partial charge in [0.05, 0.1) is 5.60 Å². The molecule has 0 aliphatic carbocycles. The molecule has 0 aliphatic heterocycles. The van der Waals surface area contributed by atoms with Crippen LogP contribution in [0.15, 0.2) is 29.2 Å². The highest BCUT2D eigenvalue weighted by molar-refractivity contribution is 7.99. The summed E-state index contributed by atoms with van der Waals surface area (Å²) in [4.78, 5) is 1.27. The number of hydrogen-bond donors (Lipinski definition) is 1. The monoisotopic (exact) mass is 224 g/mol. The molecule has 0 aliphatic rings. The van der Waals surface area contributed by atoms with Crippen molar-refractivity contribution in [3.05, 3.63) is 29.8 Å². The Balaban J connectivity index is 2.78. The molecule has 1 rings (SSSR count). The smallest absolute Gasteiger partial charge is 0.0868 e. The Morgan fingerprint density at radius 1 is 1.20 bits per heavy atom. The third-order valence-electron chi connectivity index (χ3n) is 2.52. The van der Waals surface area contributed by atoms with Crippen LogP contribution in [0.1, 0.15) is 39.2 Å². The minimum Gasteiger partial charge on any atom is -0.385 e. The minimum absolute atomic E-state index is 0.676. The summed E-state index contributed by atoms with van der Waals surface area (Å²) in [5.41, 5.74) is 0.342. The van der Waals surface area contributed by atoms with Gasteiger partial charge in [0, 0.05) is 4.90 Å². The summed E-state index contributed by atoms with van der Waals surface area (Å²) in [7, 11) is 0. The Bertz CT molecular complexity index is 290. The van der Waals surface area contributed by atoms with Gasteiger partial charge in [-0.1, -0.05) is 32.4 Å². The van der Waals surface area contributed by atoms with Crippen molar-refractivity contribution in [1.29, 1.82) is 0 Å². The summed E-state index contributed by atoms with van der Waals surface area (Å²) < 4.78 is 0. The SMILES string of the molecule is CCC[C@@](C)(O)c1ccc(SCC)cc1. The van der Waals surface area contributed by atoms with Gasteiger partial charge in [-0.2, -0.15) is 0 Å². The highest BCUT2D eigenvalue weighted by atomic mass is 32.2. The Hall–Kier alpha value is -0.470. The van der Waals surface area contributed by atoms with Gasteiger partial charge in [-0.05, 0) is 36.8 Å². The van der Waals surface area contributed by atoms with E-state index in [0.717, 1.165) is 24.2 Å². The van der Waals surface area contributed by atoms with E-state index in [0.29, 0.717) is 0 Å². The predicted molar refractivity (Wildman–Crippen MR) is 67.3 cm³/mol. The normalized spacial score (nSPS) is 14.9. The van der Waals surface area contributed by atoms with E-state index < -0.39 is 5.60 Å². The van der Waals surface area contributed by atoms with E-state index in [9.17, 15) is 5.11 Å². The van der Waals surface area contributed by atoms with Crippen LogP contribution in [0.4, 0.5) is 0 Å². The summed E-state index contributed by atoms with van der Waals surface area (Å²) in [6, 6.07) is 8.25. The molecule has 0 saturated heterocycles. The number of thioether (sulfide) groups is 1. The van der Waals surface area contributed by atoms with Gasteiger partial charge in [-0.15, -0.1) is 11.8 Å². The van der Waals surface area contributed by atoms with Crippen LogP contribution in [0.3, 0.4) is 0 Å². The third-order valence-corrected chi connectivity index (χ3v) is 3.42. The largest absolute Gasteiger partial charge is 0.385 e. The van der Waals surface area contributed by atoms with E-state index in [4.69, 9.17) is 0 Å². The quantitative estimate of drug-likeness (QED) is 0.768. The van der Waals surface area contributed by atoms with Crippen LogP contribution in [0.5, 0.6) is 0 Å². The van der Waals surface area contributed by atoms with E-state index in [2.05, 4.69) is 26.0 Å². The van der Waals surface area contributed by atoms with E-state index >= 15 is 0 Å². The van der Waals surface area contributed by atoms with E-state index in [1.165, 1.54) is 4.90 Å². The second-order valence-electron chi connectivity index (χ2n) is 3.98. The first kappa shape index (κ1) is 12.6. The van der Waals surface area contributed by atoms with Crippen molar-refractivity contribution in [3.63, 3.8) is 0 Å². The van der Waals surface area contributed by atoms with Crippen molar-refractivity contribution in [2.45, 2.75) is 44.1 Å². The second-order valence-corrected chi connectivity index (χ2v) is 5.32. The standard InChI is InChI=1S/C13H20OS/c1-4-10-13(3,14)11-6-8-12(9-7-11)15-5-2/h6-9,14H,4-5,10H2,1-3H3/t13-/m1/s1. The highest BCUT2D eigenvalue weighted by Crippen LogP contribution is 2.27. The molecule has 0 radical (unpaired) electrons. The molecule has 2 heteroatoms. The Morgan fingerprint density at radius 3 is 2.27 bits per heavy atom. The molecule has 1 atom stereocenters. The maximum absolute atomic E-state index is 10.2. The average molecular weight is 224 g/mol. The predicted octanol–water partition coefficient (Wildman–Crippen LogP) is 3.81. The van der Waals surface area contributed by atoms with Crippen LogP contribution in [0, 0.1) is 0 Å². The van der Waals surface area contributed by atoms with E-state index in [-0.39, 0.29) is 0 Å². The topological polar surface area (TPSA) is 20.2 Å². The number of benzene rings is 1. The van der Waals surface area contributed by atoms with Gasteiger partial charge in [0.25, 0.3) is 0 Å². The number of rotatable bonds is 5. The van der Waals surface area contributed by atoms with Crippen LogP contribution >= 0.6 is 11.8 Å². The summed E-state index contributed by atoms with van der Waals surface area (Å²) in [5.74, 6) is 1.09. The van der Waals surface area contributed by atoms with Gasteiger partial charge in [-0.3, -0.25) is 0 Å². The highest BCUT2D eigenvalue weighted by Gasteiger charge is 2.21. The van der Waals surface area contributed by atoms with Crippen molar-refractivity contribution < 1.29 is 5.11 Å². The molecule has 0 bridgehead atoms. The Kier molecular flexibility index (Phi) is 4.68. The zero-order valence-electron chi connectivity index (χ0n) is 9.79. The second kappa shape index (κ2) is 5.57. The van der Waals surface area contributed by atoms with Gasteiger partial charge in [-0.25, -0.2) is 0 Å². The molecule has 0 aromatic heterocycles. The Morgan fingerprint density at radius 2 is 1.80 bits per heavy atom. The molecular formula is C13H20OS. The maximum Gasteiger partial charge on any atom is 0.0868 e. The van der Waals surface area contributed by atoms with Gasteiger partial charge >= 0.3 is 0 Å². The van der Waals surface area contributed by atoms with Crippen molar-refractivity contribution in [2.24, 2.45) is 0 Å². The summed E-state index contributed by atoms with van der Waals surface area (Å²) in [5, 5.41) is 10.2. The van der Waals surface area contributed by atoms with Crippen LogP contribution in [0.25, 0.3) is 0 Å². The minimum atomic E-state index is -0.676. The average Bonchev–Trinajstić information content (AvgIpc) is 2.19. The maximum atomic E-state index is 10.2.